The Bertz CT molecular complexity index is 3010. The molecule has 3 aromatic heterocycles. The highest BCUT2D eigenvalue weighted by Crippen LogP contribution is 2.38. The van der Waals surface area contributed by atoms with Crippen LogP contribution in [0.2, 0.25) is 0 Å². The minimum absolute atomic E-state index is 0.882. The number of nitrogens with zero attached hydrogens (tertiary/aromatic N) is 6. The van der Waals surface area contributed by atoms with Crippen LogP contribution in [0.5, 0.6) is 0 Å². The molecule has 1 aliphatic carbocycles. The Morgan fingerprint density at radius 3 is 1.10 bits per heavy atom. The van der Waals surface area contributed by atoms with Crippen molar-refractivity contribution < 1.29 is 0 Å². The Balaban J connectivity index is 1.03. The van der Waals surface area contributed by atoms with Crippen molar-refractivity contribution in [3.8, 4) is 67.4 Å². The maximum Gasteiger partial charge on any atom is 0.0746 e. The summed E-state index contributed by atoms with van der Waals surface area (Å²) < 4.78 is 6.23. The Labute approximate surface area is 370 Å². The van der Waals surface area contributed by atoms with E-state index in [1.807, 2.05) is 18.6 Å². The van der Waals surface area contributed by atoms with Crippen molar-refractivity contribution in [3.05, 3.63) is 209 Å². The predicted molar refractivity (Wildman–Crippen MR) is 260 cm³/mol. The second-order valence-electron chi connectivity index (χ2n) is 16.9. The molecule has 0 bridgehead atoms. The molecule has 0 amide bonds. The van der Waals surface area contributed by atoms with E-state index in [4.69, 9.17) is 15.3 Å². The third-order valence-corrected chi connectivity index (χ3v) is 12.7. The largest absolute Gasteiger partial charge is 0.237 e. The number of aromatic nitrogens is 6. The van der Waals surface area contributed by atoms with Gasteiger partial charge in [-0.1, -0.05) is 84.9 Å². The standard InChI is InChI=1S/C57H50N6/c1-37-10-7-11-38(2)55(37)52-28-31-58-61(52)49-22-16-43(17-23-49)46-34-47(44-18-24-50(25-19-44)62-53(29-32-59-62)56-39(3)12-8-13-40(56)4)36-48(35-46)45-20-26-51(27-21-45)63-54(30-33-60-63)57-41(5)14-9-15-42(57)6/h7-20,22-26,28-36H,21,27H2,1-6H3. The molecule has 6 aromatic carbocycles. The fraction of sp³-hybridized carbons (Fsp3) is 0.140. The van der Waals surface area contributed by atoms with E-state index in [-0.39, 0.29) is 0 Å². The van der Waals surface area contributed by atoms with Crippen molar-refractivity contribution >= 4 is 11.3 Å². The quantitative estimate of drug-likeness (QED) is 0.146. The van der Waals surface area contributed by atoms with E-state index in [2.05, 4.69) is 207 Å². The number of benzene rings is 6. The Kier molecular flexibility index (Phi) is 10.3. The molecule has 0 radical (unpaired) electrons. The summed E-state index contributed by atoms with van der Waals surface area (Å²) in [6.07, 6.45) is 12.0. The van der Waals surface area contributed by atoms with Crippen molar-refractivity contribution in [3.63, 3.8) is 0 Å². The lowest BCUT2D eigenvalue weighted by Gasteiger charge is -2.20. The number of rotatable bonds is 9. The van der Waals surface area contributed by atoms with Crippen molar-refractivity contribution in [2.45, 2.75) is 54.4 Å². The van der Waals surface area contributed by atoms with Gasteiger partial charge in [0.15, 0.2) is 0 Å². The zero-order valence-electron chi connectivity index (χ0n) is 36.8. The van der Waals surface area contributed by atoms with Crippen LogP contribution in [0.15, 0.2) is 170 Å². The molecule has 0 N–H and O–H groups in total. The topological polar surface area (TPSA) is 53.5 Å². The van der Waals surface area contributed by atoms with Gasteiger partial charge in [0.25, 0.3) is 0 Å². The first-order chi connectivity index (χ1) is 30.7. The molecule has 1 aliphatic rings. The minimum Gasteiger partial charge on any atom is -0.237 e. The first-order valence-electron chi connectivity index (χ1n) is 21.8. The van der Waals surface area contributed by atoms with Crippen LogP contribution in [0.3, 0.4) is 0 Å². The Morgan fingerprint density at radius 1 is 0.349 bits per heavy atom. The van der Waals surface area contributed by atoms with E-state index < -0.39 is 0 Å². The maximum absolute atomic E-state index is 4.82. The van der Waals surface area contributed by atoms with Gasteiger partial charge in [0.05, 0.1) is 47.0 Å². The minimum atomic E-state index is 0.882. The first-order valence-corrected chi connectivity index (χ1v) is 21.8. The highest BCUT2D eigenvalue weighted by atomic mass is 15.3. The summed E-state index contributed by atoms with van der Waals surface area (Å²) in [6, 6.07) is 50.4. The number of aryl methyl sites for hydroxylation is 6. The molecule has 6 heteroatoms. The molecule has 0 aliphatic heterocycles. The first kappa shape index (κ1) is 39.6. The van der Waals surface area contributed by atoms with Gasteiger partial charge < -0.3 is 0 Å². The molecule has 0 spiro atoms. The Hall–Kier alpha value is -7.57. The molecule has 0 atom stereocenters. The molecule has 9 aromatic rings. The molecule has 6 nitrogen and oxygen atoms in total. The molecule has 63 heavy (non-hydrogen) atoms. The van der Waals surface area contributed by atoms with Gasteiger partial charge >= 0.3 is 0 Å². The van der Waals surface area contributed by atoms with Crippen molar-refractivity contribution in [1.82, 2.24) is 29.3 Å². The van der Waals surface area contributed by atoms with Gasteiger partial charge in [-0.2, -0.15) is 15.3 Å². The SMILES string of the molecule is Cc1cccc(C)c1-c1ccnn1C1=CC=C(c2cc(-c3ccc(-n4nccc4-c4c(C)cccc4C)cc3)cc(-c3ccc(-n4nccc4-c4c(C)cccc4C)cc3)c2)CC1. The highest BCUT2D eigenvalue weighted by Gasteiger charge is 2.19. The smallest absolute Gasteiger partial charge is 0.0746 e. The highest BCUT2D eigenvalue weighted by molar-refractivity contribution is 5.83. The molecule has 3 heterocycles. The fourth-order valence-corrected chi connectivity index (χ4v) is 9.55. The van der Waals surface area contributed by atoms with Crippen LogP contribution < -0.4 is 0 Å². The average molecular weight is 819 g/mol. The van der Waals surface area contributed by atoms with Crippen LogP contribution in [0.1, 0.15) is 51.8 Å². The zero-order chi connectivity index (χ0) is 43.2. The van der Waals surface area contributed by atoms with Gasteiger partial charge in [0, 0.05) is 22.4 Å². The summed E-state index contributed by atoms with van der Waals surface area (Å²) in [5.41, 5.74) is 24.9. The molecular formula is C57H50N6. The van der Waals surface area contributed by atoms with Gasteiger partial charge in [-0.15, -0.1) is 0 Å². The molecule has 308 valence electrons. The van der Waals surface area contributed by atoms with Crippen LogP contribution in [0.4, 0.5) is 0 Å². The molecule has 0 unspecified atom stereocenters. The van der Waals surface area contributed by atoms with E-state index in [9.17, 15) is 0 Å². The van der Waals surface area contributed by atoms with Gasteiger partial charge in [0.2, 0.25) is 0 Å². The lowest BCUT2D eigenvalue weighted by atomic mass is 9.89. The summed E-state index contributed by atoms with van der Waals surface area (Å²) in [5, 5.41) is 14.4. The number of allylic oxidation sites excluding steroid dienone is 4. The average Bonchev–Trinajstić information content (AvgIpc) is 4.09. The monoisotopic (exact) mass is 818 g/mol. The lowest BCUT2D eigenvalue weighted by molar-refractivity contribution is 0.847. The Morgan fingerprint density at radius 2 is 0.714 bits per heavy atom. The second kappa shape index (κ2) is 16.4. The number of hydrogen-bond acceptors (Lipinski definition) is 3. The van der Waals surface area contributed by atoms with Crippen LogP contribution in [0.25, 0.3) is 78.7 Å². The van der Waals surface area contributed by atoms with Gasteiger partial charge in [-0.25, -0.2) is 14.0 Å². The zero-order valence-corrected chi connectivity index (χ0v) is 36.8. The van der Waals surface area contributed by atoms with E-state index in [1.54, 1.807) is 0 Å². The summed E-state index contributed by atoms with van der Waals surface area (Å²) >= 11 is 0. The number of hydrogen-bond donors (Lipinski definition) is 0. The maximum atomic E-state index is 4.82. The molecule has 0 saturated carbocycles. The molecule has 0 saturated heterocycles. The molecule has 10 rings (SSSR count). The van der Waals surface area contributed by atoms with Gasteiger partial charge in [-0.3, -0.25) is 0 Å². The van der Waals surface area contributed by atoms with Crippen molar-refractivity contribution in [2.75, 3.05) is 0 Å². The van der Waals surface area contributed by atoms with Crippen LogP contribution in [0, 0.1) is 41.5 Å². The van der Waals surface area contributed by atoms with Gasteiger partial charge in [-0.05, 0) is 188 Å². The normalized spacial score (nSPS) is 12.7. The van der Waals surface area contributed by atoms with Crippen molar-refractivity contribution in [2.24, 2.45) is 0 Å². The lowest BCUT2D eigenvalue weighted by Crippen LogP contribution is -2.06. The van der Waals surface area contributed by atoms with Crippen molar-refractivity contribution in [1.29, 1.82) is 0 Å². The summed E-state index contributed by atoms with van der Waals surface area (Å²) in [4.78, 5) is 0. The van der Waals surface area contributed by atoms with E-state index in [1.165, 1.54) is 66.9 Å². The second-order valence-corrected chi connectivity index (χ2v) is 16.9. The van der Waals surface area contributed by atoms with Crippen LogP contribution in [-0.2, 0) is 0 Å². The molecule has 0 fully saturated rings. The van der Waals surface area contributed by atoms with E-state index in [0.29, 0.717) is 0 Å². The van der Waals surface area contributed by atoms with E-state index >= 15 is 0 Å². The van der Waals surface area contributed by atoms with E-state index in [0.717, 1.165) is 63.6 Å². The summed E-state index contributed by atoms with van der Waals surface area (Å²) in [7, 11) is 0. The third kappa shape index (κ3) is 7.38. The third-order valence-electron chi connectivity index (χ3n) is 12.7. The molecular weight excluding hydrogens is 769 g/mol. The summed E-state index contributed by atoms with van der Waals surface area (Å²) in [6.45, 7) is 13.0. The van der Waals surface area contributed by atoms with Crippen LogP contribution in [-0.4, -0.2) is 29.3 Å². The fourth-order valence-electron chi connectivity index (χ4n) is 9.55. The predicted octanol–water partition coefficient (Wildman–Crippen LogP) is 14.2. The van der Waals surface area contributed by atoms with Gasteiger partial charge in [0.1, 0.15) is 0 Å². The van der Waals surface area contributed by atoms with Crippen LogP contribution >= 0.6 is 0 Å². The summed E-state index contributed by atoms with van der Waals surface area (Å²) in [5.74, 6) is 0.